The molecule has 1 aliphatic rings. The standard InChI is InChI=1S/C47H51N13O8/c1-28(61)9-3-2-8-24-60-42-34-12-6-7-13-36(34)59(27-30-10-4-5-11-33(30)40(42)57-58-60)39(64)21-20-38(63)50-23-22-49-37(62)19-18-35(46(67)68)54-44(65)29-14-16-31(17-15-29)51-25-32-26-52-43-41(53-32)45(66)56-47(48)55-43/h4-7,10-17,26,35,51H,2-3,8-9,18-25,27H2,1H3,(H,49,62)(H,50,63)(H,54,65)(H,67,68)(H3,48,52,55,56,66)/t35-/m0/s1. The number of hydrogen-bond donors (Lipinski definition) is 7. The molecule has 0 saturated heterocycles. The fraction of sp³-hybridized carbons (Fsp3) is 0.319. The van der Waals surface area contributed by atoms with Gasteiger partial charge in [-0.15, -0.1) is 5.10 Å². The molecule has 4 amide bonds. The van der Waals surface area contributed by atoms with E-state index in [2.05, 4.69) is 51.5 Å². The Morgan fingerprint density at radius 3 is 2.31 bits per heavy atom. The molecule has 0 bridgehead atoms. The van der Waals surface area contributed by atoms with Crippen molar-refractivity contribution in [3.8, 4) is 22.5 Å². The lowest BCUT2D eigenvalue weighted by atomic mass is 9.95. The molecule has 3 aromatic carbocycles. The third kappa shape index (κ3) is 12.1. The Kier molecular flexibility index (Phi) is 15.6. The van der Waals surface area contributed by atoms with E-state index in [1.165, 1.54) is 18.3 Å². The van der Waals surface area contributed by atoms with E-state index in [1.54, 1.807) is 24.0 Å². The molecule has 0 radical (unpaired) electrons. The van der Waals surface area contributed by atoms with Gasteiger partial charge in [-0.3, -0.25) is 29.0 Å². The molecule has 0 aliphatic carbocycles. The van der Waals surface area contributed by atoms with Crippen LogP contribution in [0.15, 0.2) is 83.8 Å². The molecule has 1 aliphatic heterocycles. The number of aromatic amines is 1. The summed E-state index contributed by atoms with van der Waals surface area (Å²) in [6.07, 6.45) is 3.85. The number of nitrogen functional groups attached to an aromatic ring is 1. The lowest BCUT2D eigenvalue weighted by Crippen LogP contribution is -2.42. The number of anilines is 3. The molecule has 1 atom stereocenters. The van der Waals surface area contributed by atoms with Gasteiger partial charge in [0.1, 0.15) is 17.5 Å². The Hall–Kier alpha value is -8.36. The number of benzene rings is 3. The molecule has 21 heteroatoms. The van der Waals surface area contributed by atoms with Crippen LogP contribution < -0.4 is 37.5 Å². The number of carbonyl (C=O) groups is 6. The summed E-state index contributed by atoms with van der Waals surface area (Å²) in [5.74, 6) is -3.00. The molecule has 8 N–H and O–H groups in total. The second-order valence-electron chi connectivity index (χ2n) is 16.2. The summed E-state index contributed by atoms with van der Waals surface area (Å²) in [5, 5.41) is 29.8. The Morgan fingerprint density at radius 2 is 1.56 bits per heavy atom. The number of H-pyrrole nitrogens is 1. The van der Waals surface area contributed by atoms with Gasteiger partial charge in [-0.25, -0.2) is 19.4 Å². The van der Waals surface area contributed by atoms with Gasteiger partial charge in [0, 0.05) is 67.7 Å². The van der Waals surface area contributed by atoms with Crippen LogP contribution >= 0.6 is 0 Å². The van der Waals surface area contributed by atoms with Gasteiger partial charge in [0.2, 0.25) is 23.7 Å². The first-order valence-electron chi connectivity index (χ1n) is 22.2. The molecule has 3 aromatic heterocycles. The van der Waals surface area contributed by atoms with E-state index in [1.807, 2.05) is 53.2 Å². The minimum Gasteiger partial charge on any atom is -0.480 e. The van der Waals surface area contributed by atoms with Crippen molar-refractivity contribution < 1.29 is 33.9 Å². The van der Waals surface area contributed by atoms with Gasteiger partial charge in [0.15, 0.2) is 11.2 Å². The fourth-order valence-corrected chi connectivity index (χ4v) is 7.71. The SMILES string of the molecule is CC(=O)CCCCCn1nnc2c1-c1ccccc1N(C(=O)CCC(=O)NCCNC(=O)CC[C@H](NC(=O)c1ccc(NCc3cnc4nc(N)[nH]c(=O)c4n3)cc1)C(=O)O)Cc1ccccc1-2. The number of para-hydroxylation sites is 1. The van der Waals surface area contributed by atoms with Crippen LogP contribution in [-0.2, 0) is 43.6 Å². The van der Waals surface area contributed by atoms with Gasteiger partial charge in [0.05, 0.1) is 36.4 Å². The highest BCUT2D eigenvalue weighted by Crippen LogP contribution is 2.41. The Bertz CT molecular complexity index is 2900. The largest absolute Gasteiger partial charge is 0.480 e. The summed E-state index contributed by atoms with van der Waals surface area (Å²) in [6.45, 7) is 2.74. The monoisotopic (exact) mass is 925 g/mol. The molecule has 0 saturated carbocycles. The Balaban J connectivity index is 0.850. The van der Waals surface area contributed by atoms with Crippen molar-refractivity contribution >= 4 is 63.9 Å². The van der Waals surface area contributed by atoms with Gasteiger partial charge in [0.25, 0.3) is 11.5 Å². The van der Waals surface area contributed by atoms with Gasteiger partial charge < -0.3 is 41.8 Å². The van der Waals surface area contributed by atoms with Crippen LogP contribution in [0.2, 0.25) is 0 Å². The van der Waals surface area contributed by atoms with Crippen LogP contribution in [0.1, 0.15) is 79.9 Å². The summed E-state index contributed by atoms with van der Waals surface area (Å²) in [4.78, 5) is 104. The highest BCUT2D eigenvalue weighted by molar-refractivity contribution is 6.01. The quantitative estimate of drug-likeness (QED) is 0.0508. The molecular weight excluding hydrogens is 875 g/mol. The second-order valence-corrected chi connectivity index (χ2v) is 16.2. The summed E-state index contributed by atoms with van der Waals surface area (Å²) >= 11 is 0. The average Bonchev–Trinajstić information content (AvgIpc) is 3.74. The van der Waals surface area contributed by atoms with Crippen LogP contribution in [0, 0.1) is 0 Å². The summed E-state index contributed by atoms with van der Waals surface area (Å²) in [5.41, 5.74) is 11.1. The summed E-state index contributed by atoms with van der Waals surface area (Å²) in [6, 6.07) is 20.2. The predicted octanol–water partition coefficient (Wildman–Crippen LogP) is 3.50. The van der Waals surface area contributed by atoms with Crippen molar-refractivity contribution in [1.29, 1.82) is 0 Å². The number of ketones is 1. The van der Waals surface area contributed by atoms with Crippen molar-refractivity contribution in [2.45, 2.75) is 84.0 Å². The van der Waals surface area contributed by atoms with Gasteiger partial charge in [-0.1, -0.05) is 54.1 Å². The Morgan fingerprint density at radius 1 is 0.838 bits per heavy atom. The lowest BCUT2D eigenvalue weighted by Gasteiger charge is -2.28. The number of carboxylic acids is 1. The van der Waals surface area contributed by atoms with E-state index < -0.39 is 29.4 Å². The van der Waals surface area contributed by atoms with E-state index in [9.17, 15) is 38.7 Å². The Labute approximate surface area is 389 Å². The smallest absolute Gasteiger partial charge is 0.326 e. The number of unbranched alkanes of at least 4 members (excludes halogenated alkanes) is 2. The zero-order chi connectivity index (χ0) is 48.2. The normalized spacial score (nSPS) is 12.1. The molecule has 0 unspecified atom stereocenters. The minimum absolute atomic E-state index is 0.0375. The van der Waals surface area contributed by atoms with Gasteiger partial charge >= 0.3 is 5.97 Å². The number of aliphatic carboxylic acids is 1. The predicted molar refractivity (Wildman–Crippen MR) is 251 cm³/mol. The third-order valence-corrected chi connectivity index (χ3v) is 11.2. The number of nitrogens with zero attached hydrogens (tertiary/aromatic N) is 7. The van der Waals surface area contributed by atoms with Gasteiger partial charge in [-0.05, 0) is 62.1 Å². The topological polar surface area (TPSA) is 302 Å². The maximum Gasteiger partial charge on any atom is 0.326 e. The maximum atomic E-state index is 14.0. The number of carboxylic acid groups (broad SMARTS) is 1. The van der Waals surface area contributed by atoms with E-state index in [0.29, 0.717) is 30.0 Å². The van der Waals surface area contributed by atoms with Crippen LogP contribution in [0.4, 0.5) is 17.3 Å². The molecule has 352 valence electrons. The maximum absolute atomic E-state index is 14.0. The summed E-state index contributed by atoms with van der Waals surface area (Å²) in [7, 11) is 0. The number of aromatic nitrogens is 7. The van der Waals surface area contributed by atoms with E-state index in [-0.39, 0.29) is 92.1 Å². The van der Waals surface area contributed by atoms with E-state index >= 15 is 0 Å². The number of aryl methyl sites for hydroxylation is 1. The zero-order valence-electron chi connectivity index (χ0n) is 37.3. The molecule has 4 heterocycles. The first kappa shape index (κ1) is 47.6. The molecule has 0 fully saturated rings. The van der Waals surface area contributed by atoms with E-state index in [4.69, 9.17) is 5.73 Å². The average molecular weight is 926 g/mol. The molecule has 0 spiro atoms. The number of Topliss-reactive ketones (excluding diaryl/α,β-unsaturated/α-hetero) is 1. The first-order chi connectivity index (χ1) is 32.8. The number of fused-ring (bicyclic) bond motifs is 6. The van der Waals surface area contributed by atoms with Crippen molar-refractivity contribution in [3.63, 3.8) is 0 Å². The van der Waals surface area contributed by atoms with Crippen molar-refractivity contribution in [1.82, 2.24) is 50.9 Å². The molecule has 21 nitrogen and oxygen atoms in total. The number of nitrogens with one attached hydrogen (secondary N) is 5. The van der Waals surface area contributed by atoms with Crippen molar-refractivity contribution in [3.05, 3.63) is 106 Å². The van der Waals surface area contributed by atoms with Crippen LogP contribution in [-0.4, -0.2) is 94.5 Å². The zero-order valence-corrected chi connectivity index (χ0v) is 37.3. The number of nitrogens with two attached hydrogens (primary N) is 1. The summed E-state index contributed by atoms with van der Waals surface area (Å²) < 4.78 is 1.86. The highest BCUT2D eigenvalue weighted by atomic mass is 16.4. The molecule has 6 aromatic rings. The van der Waals surface area contributed by atoms with Crippen molar-refractivity contribution in [2.24, 2.45) is 0 Å². The van der Waals surface area contributed by atoms with Crippen LogP contribution in [0.3, 0.4) is 0 Å². The van der Waals surface area contributed by atoms with E-state index in [0.717, 1.165) is 47.3 Å². The van der Waals surface area contributed by atoms with Crippen LogP contribution in [0.25, 0.3) is 33.7 Å². The fourth-order valence-electron chi connectivity index (χ4n) is 7.71. The number of amides is 4. The molecule has 68 heavy (non-hydrogen) atoms. The number of rotatable bonds is 21. The van der Waals surface area contributed by atoms with Gasteiger partial charge in [-0.2, -0.15) is 4.98 Å². The third-order valence-electron chi connectivity index (χ3n) is 11.2. The highest BCUT2D eigenvalue weighted by Gasteiger charge is 2.29. The molecular formula is C47H51N13O8. The number of hydrogen-bond acceptors (Lipinski definition) is 14. The minimum atomic E-state index is -1.35. The molecule has 7 rings (SSSR count). The number of carbonyl (C=O) groups excluding carboxylic acids is 5. The lowest BCUT2D eigenvalue weighted by molar-refractivity contribution is -0.139. The second kappa shape index (κ2) is 22.2. The van der Waals surface area contributed by atoms with Crippen LogP contribution in [0.5, 0.6) is 0 Å². The van der Waals surface area contributed by atoms with Crippen molar-refractivity contribution in [2.75, 3.05) is 29.0 Å². The first-order valence-corrected chi connectivity index (χ1v) is 22.2.